The second-order valence-corrected chi connectivity index (χ2v) is 7.05. The summed E-state index contributed by atoms with van der Waals surface area (Å²) in [6.45, 7) is 0.782. The zero-order valence-corrected chi connectivity index (χ0v) is 14.6. The molecule has 0 radical (unpaired) electrons. The molecule has 0 saturated carbocycles. The van der Waals surface area contributed by atoms with Gasteiger partial charge in [0, 0.05) is 38.7 Å². The molecule has 6 nitrogen and oxygen atoms in total. The monoisotopic (exact) mass is 356 g/mol. The van der Waals surface area contributed by atoms with Crippen LogP contribution in [-0.2, 0) is 16.6 Å². The fourth-order valence-corrected chi connectivity index (χ4v) is 3.89. The predicted octanol–water partition coefficient (Wildman–Crippen LogP) is 1.74. The fraction of sp³-hybridized carbons (Fsp3) is 0.421. The van der Waals surface area contributed by atoms with Crippen molar-refractivity contribution in [3.8, 4) is 0 Å². The molecule has 2 saturated heterocycles. The van der Waals surface area contributed by atoms with Crippen LogP contribution in [-0.4, -0.2) is 52.3 Å². The Balaban J connectivity index is 1.44. The Kier molecular flexibility index (Phi) is 4.22. The Hall–Kier alpha value is -2.70. The molecule has 7 heteroatoms. The Morgan fingerprint density at radius 3 is 2.65 bits per heavy atom. The van der Waals surface area contributed by atoms with Gasteiger partial charge in [0.05, 0.1) is 24.3 Å². The highest BCUT2D eigenvalue weighted by atomic mass is 19.1. The molecule has 0 bridgehead atoms. The van der Waals surface area contributed by atoms with Crippen molar-refractivity contribution in [2.24, 2.45) is 13.0 Å². The van der Waals surface area contributed by atoms with Gasteiger partial charge in [0.15, 0.2) is 0 Å². The number of anilines is 1. The third-order valence-electron chi connectivity index (χ3n) is 5.27. The van der Waals surface area contributed by atoms with Crippen LogP contribution in [0.4, 0.5) is 10.1 Å². The number of nitrogens with zero attached hydrogens (tertiary/aromatic N) is 4. The molecule has 3 heterocycles. The smallest absolute Gasteiger partial charge is 0.228 e. The van der Waals surface area contributed by atoms with Gasteiger partial charge in [-0.3, -0.25) is 14.3 Å². The maximum Gasteiger partial charge on any atom is 0.228 e. The average Bonchev–Trinajstić information content (AvgIpc) is 3.33. The number of benzene rings is 1. The Morgan fingerprint density at radius 1 is 1.19 bits per heavy atom. The summed E-state index contributed by atoms with van der Waals surface area (Å²) >= 11 is 0. The van der Waals surface area contributed by atoms with Gasteiger partial charge in [-0.2, -0.15) is 5.10 Å². The van der Waals surface area contributed by atoms with E-state index in [0.717, 1.165) is 5.56 Å². The molecule has 3 atom stereocenters. The van der Waals surface area contributed by atoms with Crippen LogP contribution in [0, 0.1) is 5.92 Å². The van der Waals surface area contributed by atoms with Gasteiger partial charge in [0.25, 0.3) is 0 Å². The van der Waals surface area contributed by atoms with Crippen molar-refractivity contribution in [3.63, 3.8) is 0 Å². The molecule has 1 aromatic carbocycles. The van der Waals surface area contributed by atoms with Gasteiger partial charge in [-0.15, -0.1) is 0 Å². The molecule has 26 heavy (non-hydrogen) atoms. The Labute approximate surface area is 151 Å². The molecule has 0 aliphatic carbocycles. The largest absolute Gasteiger partial charge is 0.339 e. The minimum Gasteiger partial charge on any atom is -0.339 e. The first-order valence-electron chi connectivity index (χ1n) is 8.79. The number of hydrogen-bond donors (Lipinski definition) is 0. The zero-order valence-electron chi connectivity index (χ0n) is 14.6. The topological polar surface area (TPSA) is 58.4 Å². The predicted molar refractivity (Wildman–Crippen MR) is 94.3 cm³/mol. The number of carbonyl (C=O) groups is 2. The van der Waals surface area contributed by atoms with Crippen molar-refractivity contribution in [2.45, 2.75) is 18.5 Å². The maximum atomic E-state index is 14.5. The van der Waals surface area contributed by atoms with Crippen LogP contribution < -0.4 is 4.90 Å². The third-order valence-corrected chi connectivity index (χ3v) is 5.27. The van der Waals surface area contributed by atoms with Crippen molar-refractivity contribution in [1.29, 1.82) is 0 Å². The number of likely N-dealkylation sites (tertiary alicyclic amines) is 1. The molecule has 4 rings (SSSR count). The summed E-state index contributed by atoms with van der Waals surface area (Å²) in [5.74, 6) is -0.950. The van der Waals surface area contributed by atoms with E-state index in [9.17, 15) is 14.0 Å². The lowest BCUT2D eigenvalue weighted by atomic mass is 9.97. The van der Waals surface area contributed by atoms with Crippen molar-refractivity contribution in [2.75, 3.05) is 24.5 Å². The molecule has 1 aromatic heterocycles. The summed E-state index contributed by atoms with van der Waals surface area (Å²) in [5.41, 5.74) is 1.61. The summed E-state index contributed by atoms with van der Waals surface area (Å²) in [6, 6.07) is 9.45. The first-order valence-corrected chi connectivity index (χ1v) is 8.79. The van der Waals surface area contributed by atoms with E-state index in [1.54, 1.807) is 33.9 Å². The second-order valence-electron chi connectivity index (χ2n) is 7.05. The summed E-state index contributed by atoms with van der Waals surface area (Å²) in [5, 5.41) is 4.07. The van der Waals surface area contributed by atoms with Crippen molar-refractivity contribution >= 4 is 17.5 Å². The lowest BCUT2D eigenvalue weighted by molar-refractivity contribution is -0.135. The highest BCUT2D eigenvalue weighted by Crippen LogP contribution is 2.33. The molecular weight excluding hydrogens is 335 g/mol. The van der Waals surface area contributed by atoms with Gasteiger partial charge in [0.1, 0.15) is 6.17 Å². The van der Waals surface area contributed by atoms with E-state index in [-0.39, 0.29) is 30.7 Å². The van der Waals surface area contributed by atoms with Crippen molar-refractivity contribution in [3.05, 3.63) is 48.3 Å². The number of halogens is 1. The molecule has 2 aliphatic rings. The van der Waals surface area contributed by atoms with Crippen LogP contribution in [0.5, 0.6) is 0 Å². The van der Waals surface area contributed by atoms with E-state index in [2.05, 4.69) is 5.10 Å². The number of aromatic nitrogens is 2. The Morgan fingerprint density at radius 2 is 1.96 bits per heavy atom. The van der Waals surface area contributed by atoms with E-state index < -0.39 is 12.1 Å². The molecular formula is C19H21FN4O2. The van der Waals surface area contributed by atoms with Crippen molar-refractivity contribution < 1.29 is 14.0 Å². The molecule has 2 amide bonds. The standard InChI is InChI=1S/C19H21FN4O2/c1-22-10-15(8-21-22)24-9-14(7-18(24)25)19(26)23-11-16(17(20)12-23)13-5-3-2-4-6-13/h2-6,8,10,14,16-17H,7,9,11-12H2,1H3/t14?,16-,17-/m1/s1. The molecule has 2 fully saturated rings. The van der Waals surface area contributed by atoms with E-state index in [0.29, 0.717) is 18.8 Å². The Bertz CT molecular complexity index is 822. The quantitative estimate of drug-likeness (QED) is 0.842. The number of aryl methyl sites for hydroxylation is 1. The minimum absolute atomic E-state index is 0.0908. The number of alkyl halides is 1. The molecule has 2 aliphatic heterocycles. The maximum absolute atomic E-state index is 14.5. The first kappa shape index (κ1) is 16.8. The van der Waals surface area contributed by atoms with Gasteiger partial charge in [0.2, 0.25) is 11.8 Å². The molecule has 0 spiro atoms. The van der Waals surface area contributed by atoms with Crippen LogP contribution in [0.15, 0.2) is 42.7 Å². The molecule has 0 N–H and O–H groups in total. The van der Waals surface area contributed by atoms with Crippen LogP contribution in [0.2, 0.25) is 0 Å². The van der Waals surface area contributed by atoms with Crippen LogP contribution in [0.3, 0.4) is 0 Å². The minimum atomic E-state index is -1.08. The highest BCUT2D eigenvalue weighted by Gasteiger charge is 2.42. The lowest BCUT2D eigenvalue weighted by Gasteiger charge is -2.20. The average molecular weight is 356 g/mol. The summed E-state index contributed by atoms with van der Waals surface area (Å²) in [6.07, 6.45) is 2.46. The lowest BCUT2D eigenvalue weighted by Crippen LogP contribution is -2.36. The first-order chi connectivity index (χ1) is 12.5. The number of carbonyl (C=O) groups excluding carboxylic acids is 2. The molecule has 2 aromatic rings. The van der Waals surface area contributed by atoms with Gasteiger partial charge in [-0.25, -0.2) is 4.39 Å². The number of rotatable bonds is 3. The van der Waals surface area contributed by atoms with E-state index >= 15 is 0 Å². The number of amides is 2. The second kappa shape index (κ2) is 6.55. The van der Waals surface area contributed by atoms with E-state index in [1.807, 2.05) is 30.3 Å². The van der Waals surface area contributed by atoms with Gasteiger partial charge in [-0.1, -0.05) is 30.3 Å². The zero-order chi connectivity index (χ0) is 18.3. The van der Waals surface area contributed by atoms with Crippen LogP contribution in [0.1, 0.15) is 17.9 Å². The fourth-order valence-electron chi connectivity index (χ4n) is 3.89. The normalized spacial score (nSPS) is 25.9. The van der Waals surface area contributed by atoms with Crippen molar-refractivity contribution in [1.82, 2.24) is 14.7 Å². The molecule has 136 valence electrons. The highest BCUT2D eigenvalue weighted by molar-refractivity contribution is 6.00. The summed E-state index contributed by atoms with van der Waals surface area (Å²) < 4.78 is 16.1. The van der Waals surface area contributed by atoms with Crippen LogP contribution >= 0.6 is 0 Å². The van der Waals surface area contributed by atoms with E-state index in [1.165, 1.54) is 0 Å². The van der Waals surface area contributed by atoms with Crippen LogP contribution in [0.25, 0.3) is 0 Å². The third kappa shape index (κ3) is 2.98. The van der Waals surface area contributed by atoms with Gasteiger partial charge >= 0.3 is 0 Å². The summed E-state index contributed by atoms with van der Waals surface area (Å²) in [7, 11) is 1.78. The van der Waals surface area contributed by atoms with Gasteiger partial charge < -0.3 is 9.80 Å². The molecule has 1 unspecified atom stereocenters. The van der Waals surface area contributed by atoms with E-state index in [4.69, 9.17) is 0 Å². The summed E-state index contributed by atoms with van der Waals surface area (Å²) in [4.78, 5) is 28.3. The number of hydrogen-bond acceptors (Lipinski definition) is 3. The van der Waals surface area contributed by atoms with Gasteiger partial charge in [-0.05, 0) is 5.56 Å². The SMILES string of the molecule is Cn1cc(N2CC(C(=O)N3C[C@@H](F)[C@@H](c4ccccc4)C3)CC2=O)cn1.